The third-order valence-electron chi connectivity index (χ3n) is 2.23. The highest BCUT2D eigenvalue weighted by Crippen LogP contribution is 2.15. The molecule has 0 saturated heterocycles. The third kappa shape index (κ3) is 5.35. The number of benzene rings is 1. The Bertz CT molecular complexity index is 290. The van der Waals surface area contributed by atoms with Gasteiger partial charge in [0.05, 0.1) is 6.61 Å². The molecule has 0 bridgehead atoms. The molecule has 1 aromatic rings. The van der Waals surface area contributed by atoms with Crippen molar-refractivity contribution in [3.63, 3.8) is 0 Å². The van der Waals surface area contributed by atoms with E-state index >= 15 is 0 Å². The first-order valence-corrected chi connectivity index (χ1v) is 5.66. The number of methoxy groups -OCH3 is 1. The number of rotatable bonds is 7. The fourth-order valence-corrected chi connectivity index (χ4v) is 1.34. The van der Waals surface area contributed by atoms with Gasteiger partial charge in [0, 0.05) is 25.2 Å². The summed E-state index contributed by atoms with van der Waals surface area (Å²) in [6, 6.07) is 7.39. The van der Waals surface area contributed by atoms with E-state index in [4.69, 9.17) is 21.1 Å². The van der Waals surface area contributed by atoms with Crippen molar-refractivity contribution in [1.29, 1.82) is 0 Å². The highest BCUT2D eigenvalue weighted by Gasteiger charge is 1.98. The maximum atomic E-state index is 5.78. The molecule has 0 radical (unpaired) electrons. The van der Waals surface area contributed by atoms with Crippen LogP contribution in [0.5, 0.6) is 5.75 Å². The van der Waals surface area contributed by atoms with Gasteiger partial charge in [-0.1, -0.05) is 11.6 Å². The summed E-state index contributed by atoms with van der Waals surface area (Å²) in [6.07, 6.45) is 0. The monoisotopic (exact) mass is 243 g/mol. The number of halogens is 1. The molecule has 4 heteroatoms. The average Bonchev–Trinajstić information content (AvgIpc) is 2.29. The average molecular weight is 244 g/mol. The Hall–Kier alpha value is -0.770. The predicted octanol–water partition coefficient (Wildman–Crippen LogP) is 2.30. The molecule has 0 spiro atoms. The molecule has 0 amide bonds. The first-order chi connectivity index (χ1) is 7.72. The van der Waals surface area contributed by atoms with Gasteiger partial charge >= 0.3 is 0 Å². The van der Waals surface area contributed by atoms with Crippen molar-refractivity contribution in [2.75, 3.05) is 40.5 Å². The van der Waals surface area contributed by atoms with Crippen molar-refractivity contribution < 1.29 is 9.47 Å². The van der Waals surface area contributed by atoms with Gasteiger partial charge in [-0.2, -0.15) is 0 Å². The molecule has 1 rings (SSSR count). The van der Waals surface area contributed by atoms with Gasteiger partial charge < -0.3 is 14.4 Å². The Labute approximate surface area is 102 Å². The smallest absolute Gasteiger partial charge is 0.119 e. The van der Waals surface area contributed by atoms with Crippen LogP contribution in [0.15, 0.2) is 24.3 Å². The minimum absolute atomic E-state index is 0.668. The summed E-state index contributed by atoms with van der Waals surface area (Å²) in [7, 11) is 3.75. The van der Waals surface area contributed by atoms with E-state index in [1.54, 1.807) is 7.11 Å². The molecular formula is C12H18ClNO2. The van der Waals surface area contributed by atoms with Gasteiger partial charge in [-0.05, 0) is 31.3 Å². The molecule has 0 heterocycles. The van der Waals surface area contributed by atoms with Gasteiger partial charge in [0.1, 0.15) is 12.4 Å². The second-order valence-electron chi connectivity index (χ2n) is 3.60. The summed E-state index contributed by atoms with van der Waals surface area (Å²) >= 11 is 5.78. The summed E-state index contributed by atoms with van der Waals surface area (Å²) in [6.45, 7) is 3.21. The van der Waals surface area contributed by atoms with Crippen LogP contribution in [0.4, 0.5) is 0 Å². The summed E-state index contributed by atoms with van der Waals surface area (Å²) in [5.41, 5.74) is 0. The summed E-state index contributed by atoms with van der Waals surface area (Å²) in [5, 5.41) is 0.726. The van der Waals surface area contributed by atoms with Crippen LogP contribution in [0.1, 0.15) is 0 Å². The molecule has 0 saturated carbocycles. The predicted molar refractivity (Wildman–Crippen MR) is 66.3 cm³/mol. The highest BCUT2D eigenvalue weighted by atomic mass is 35.5. The van der Waals surface area contributed by atoms with Gasteiger partial charge in [0.2, 0.25) is 0 Å². The zero-order valence-corrected chi connectivity index (χ0v) is 10.5. The van der Waals surface area contributed by atoms with Crippen molar-refractivity contribution in [2.45, 2.75) is 0 Å². The van der Waals surface area contributed by atoms with Gasteiger partial charge in [-0.15, -0.1) is 0 Å². The van der Waals surface area contributed by atoms with E-state index in [9.17, 15) is 0 Å². The lowest BCUT2D eigenvalue weighted by molar-refractivity contribution is 0.150. The lowest BCUT2D eigenvalue weighted by atomic mass is 10.3. The summed E-state index contributed by atoms with van der Waals surface area (Å²) in [5.74, 6) is 0.851. The van der Waals surface area contributed by atoms with Gasteiger partial charge in [0.25, 0.3) is 0 Å². The summed E-state index contributed by atoms with van der Waals surface area (Å²) < 4.78 is 10.6. The van der Waals surface area contributed by atoms with Crippen LogP contribution in [0, 0.1) is 0 Å². The maximum Gasteiger partial charge on any atom is 0.119 e. The second-order valence-corrected chi connectivity index (χ2v) is 4.03. The second kappa shape index (κ2) is 7.49. The number of nitrogens with zero attached hydrogens (tertiary/aromatic N) is 1. The molecular weight excluding hydrogens is 226 g/mol. The molecule has 16 heavy (non-hydrogen) atoms. The summed E-state index contributed by atoms with van der Waals surface area (Å²) in [4.78, 5) is 2.17. The molecule has 0 aliphatic carbocycles. The van der Waals surface area contributed by atoms with E-state index in [1.807, 2.05) is 31.3 Å². The molecule has 0 unspecified atom stereocenters. The minimum atomic E-state index is 0.668. The zero-order chi connectivity index (χ0) is 11.8. The minimum Gasteiger partial charge on any atom is -0.492 e. The Morgan fingerprint density at radius 2 is 1.75 bits per heavy atom. The molecule has 90 valence electrons. The molecule has 0 aliphatic heterocycles. The lowest BCUT2D eigenvalue weighted by Crippen LogP contribution is -2.27. The molecule has 0 atom stereocenters. The molecule has 1 aromatic carbocycles. The Morgan fingerprint density at radius 1 is 1.12 bits per heavy atom. The van der Waals surface area contributed by atoms with E-state index in [-0.39, 0.29) is 0 Å². The molecule has 3 nitrogen and oxygen atoms in total. The maximum absolute atomic E-state index is 5.78. The van der Waals surface area contributed by atoms with Gasteiger partial charge in [-0.25, -0.2) is 0 Å². The number of ether oxygens (including phenoxy) is 2. The lowest BCUT2D eigenvalue weighted by Gasteiger charge is -2.16. The number of hydrogen-bond donors (Lipinski definition) is 0. The first kappa shape index (κ1) is 13.3. The normalized spacial score (nSPS) is 10.8. The topological polar surface area (TPSA) is 21.7 Å². The van der Waals surface area contributed by atoms with Crippen LogP contribution in [0.2, 0.25) is 5.02 Å². The standard InChI is InChI=1S/C12H18ClNO2/c1-14(7-9-15-2)8-10-16-12-5-3-11(13)4-6-12/h3-6H,7-10H2,1-2H3. The van der Waals surface area contributed by atoms with Crippen LogP contribution in [-0.2, 0) is 4.74 Å². The fourth-order valence-electron chi connectivity index (χ4n) is 1.21. The van der Waals surface area contributed by atoms with Crippen LogP contribution < -0.4 is 4.74 Å². The molecule has 0 N–H and O–H groups in total. The van der Waals surface area contributed by atoms with Crippen molar-refractivity contribution in [3.05, 3.63) is 29.3 Å². The molecule has 0 aromatic heterocycles. The van der Waals surface area contributed by atoms with Gasteiger partial charge in [0.15, 0.2) is 0 Å². The quantitative estimate of drug-likeness (QED) is 0.734. The fraction of sp³-hybridized carbons (Fsp3) is 0.500. The molecule has 0 fully saturated rings. The first-order valence-electron chi connectivity index (χ1n) is 5.28. The van der Waals surface area contributed by atoms with Crippen molar-refractivity contribution in [3.8, 4) is 5.75 Å². The van der Waals surface area contributed by atoms with Gasteiger partial charge in [-0.3, -0.25) is 0 Å². The molecule has 0 aliphatic rings. The van der Waals surface area contributed by atoms with Crippen LogP contribution in [-0.4, -0.2) is 45.4 Å². The van der Waals surface area contributed by atoms with Crippen molar-refractivity contribution >= 4 is 11.6 Å². The SMILES string of the molecule is COCCN(C)CCOc1ccc(Cl)cc1. The third-order valence-corrected chi connectivity index (χ3v) is 2.48. The van der Waals surface area contributed by atoms with E-state index < -0.39 is 0 Å². The van der Waals surface area contributed by atoms with E-state index in [0.717, 1.165) is 30.5 Å². The Balaban J connectivity index is 2.17. The van der Waals surface area contributed by atoms with Crippen molar-refractivity contribution in [1.82, 2.24) is 4.90 Å². The highest BCUT2D eigenvalue weighted by molar-refractivity contribution is 6.30. The van der Waals surface area contributed by atoms with Crippen LogP contribution in [0.3, 0.4) is 0 Å². The number of likely N-dealkylation sites (N-methyl/N-ethyl adjacent to an activating group) is 1. The van der Waals surface area contributed by atoms with Crippen LogP contribution in [0.25, 0.3) is 0 Å². The van der Waals surface area contributed by atoms with E-state index in [1.165, 1.54) is 0 Å². The Kier molecular flexibility index (Phi) is 6.23. The zero-order valence-electron chi connectivity index (χ0n) is 9.78. The Morgan fingerprint density at radius 3 is 2.38 bits per heavy atom. The van der Waals surface area contributed by atoms with E-state index in [2.05, 4.69) is 4.90 Å². The van der Waals surface area contributed by atoms with Crippen molar-refractivity contribution in [2.24, 2.45) is 0 Å². The number of hydrogen-bond acceptors (Lipinski definition) is 3. The van der Waals surface area contributed by atoms with Crippen LogP contribution >= 0.6 is 11.6 Å². The largest absolute Gasteiger partial charge is 0.492 e. The van der Waals surface area contributed by atoms with E-state index in [0.29, 0.717) is 6.61 Å².